The third kappa shape index (κ3) is 5.69. The Labute approximate surface area is 114 Å². The smallest absolute Gasteiger partial charge is 0.0921 e. The number of benzene rings is 1. The van der Waals surface area contributed by atoms with Gasteiger partial charge >= 0.3 is 0 Å². The van der Waals surface area contributed by atoms with E-state index >= 15 is 0 Å². The van der Waals surface area contributed by atoms with Gasteiger partial charge in [0.1, 0.15) is 0 Å². The number of rotatable bonds is 8. The summed E-state index contributed by atoms with van der Waals surface area (Å²) in [7, 11) is 0. The summed E-state index contributed by atoms with van der Waals surface area (Å²) in [5, 5.41) is 0.865. The molecule has 0 aliphatic heterocycles. The molecule has 17 heavy (non-hydrogen) atoms. The molecule has 1 rings (SSSR count). The van der Waals surface area contributed by atoms with Crippen LogP contribution in [0, 0.1) is 6.92 Å². The van der Waals surface area contributed by atoms with E-state index in [1.807, 2.05) is 0 Å². The third-order valence-electron chi connectivity index (χ3n) is 2.87. The van der Waals surface area contributed by atoms with Crippen LogP contribution >= 0.6 is 15.9 Å². The molecular weight excluding hydrogens is 276 g/mol. The first-order chi connectivity index (χ1) is 8.27. The number of unbranched alkanes of at least 4 members (excludes halogenated alkanes) is 3. The molecule has 1 unspecified atom stereocenters. The highest BCUT2D eigenvalue weighted by Gasteiger charge is 2.09. The minimum atomic E-state index is 0.191. The molecule has 1 atom stereocenters. The Morgan fingerprint density at radius 1 is 1.24 bits per heavy atom. The first kappa shape index (κ1) is 14.7. The molecule has 0 saturated carbocycles. The van der Waals surface area contributed by atoms with Crippen molar-refractivity contribution in [1.29, 1.82) is 0 Å². The van der Waals surface area contributed by atoms with Gasteiger partial charge in [-0.2, -0.15) is 0 Å². The second kappa shape index (κ2) is 8.71. The average molecular weight is 299 g/mol. The summed E-state index contributed by atoms with van der Waals surface area (Å²) in [6.45, 7) is 5.22. The normalized spacial score (nSPS) is 12.6. The van der Waals surface area contributed by atoms with Crippen molar-refractivity contribution in [3.05, 3.63) is 35.4 Å². The second-order valence-electron chi connectivity index (χ2n) is 4.49. The molecule has 1 aromatic rings. The first-order valence-corrected chi connectivity index (χ1v) is 7.64. The van der Waals surface area contributed by atoms with Gasteiger partial charge in [-0.15, -0.1) is 0 Å². The molecular formula is C15H23BrO. The summed E-state index contributed by atoms with van der Waals surface area (Å²) in [5.41, 5.74) is 2.57. The van der Waals surface area contributed by atoms with E-state index in [0.717, 1.165) is 11.9 Å². The zero-order valence-corrected chi connectivity index (χ0v) is 12.5. The minimum absolute atomic E-state index is 0.191. The Hall–Kier alpha value is -0.340. The van der Waals surface area contributed by atoms with Crippen molar-refractivity contribution in [3.63, 3.8) is 0 Å². The van der Waals surface area contributed by atoms with Gasteiger partial charge in [-0.05, 0) is 18.9 Å². The predicted octanol–water partition coefficient (Wildman–Crippen LogP) is 5.03. The maximum Gasteiger partial charge on any atom is 0.0921 e. The van der Waals surface area contributed by atoms with Crippen molar-refractivity contribution < 1.29 is 4.74 Å². The molecule has 2 heteroatoms. The maximum absolute atomic E-state index is 5.93. The minimum Gasteiger partial charge on any atom is -0.373 e. The Morgan fingerprint density at radius 2 is 2.06 bits per heavy atom. The van der Waals surface area contributed by atoms with Crippen LogP contribution in [0.2, 0.25) is 0 Å². The van der Waals surface area contributed by atoms with E-state index in [2.05, 4.69) is 54.0 Å². The zero-order valence-electron chi connectivity index (χ0n) is 10.9. The topological polar surface area (TPSA) is 9.23 Å². The molecule has 0 heterocycles. The van der Waals surface area contributed by atoms with Crippen LogP contribution in [0.1, 0.15) is 49.8 Å². The highest BCUT2D eigenvalue weighted by Crippen LogP contribution is 2.21. The molecule has 0 bridgehead atoms. The van der Waals surface area contributed by atoms with Crippen LogP contribution in [-0.2, 0) is 4.74 Å². The lowest BCUT2D eigenvalue weighted by molar-refractivity contribution is 0.0668. The molecule has 0 fully saturated rings. The molecule has 1 nitrogen and oxygen atoms in total. The van der Waals surface area contributed by atoms with E-state index in [-0.39, 0.29) is 6.10 Å². The van der Waals surface area contributed by atoms with Crippen LogP contribution in [0.4, 0.5) is 0 Å². The Morgan fingerprint density at radius 3 is 2.71 bits per heavy atom. The van der Waals surface area contributed by atoms with E-state index in [1.165, 1.54) is 36.8 Å². The van der Waals surface area contributed by atoms with E-state index in [4.69, 9.17) is 4.74 Å². The van der Waals surface area contributed by atoms with E-state index in [9.17, 15) is 0 Å². The van der Waals surface area contributed by atoms with Gasteiger partial charge in [0.2, 0.25) is 0 Å². The maximum atomic E-state index is 5.93. The number of ether oxygens (including phenoxy) is 1. The van der Waals surface area contributed by atoms with Gasteiger partial charge < -0.3 is 4.74 Å². The van der Waals surface area contributed by atoms with Gasteiger partial charge in [-0.1, -0.05) is 71.9 Å². The van der Waals surface area contributed by atoms with Gasteiger partial charge in [0, 0.05) is 11.9 Å². The number of halogens is 1. The molecule has 0 aliphatic rings. The van der Waals surface area contributed by atoms with E-state index in [0.29, 0.717) is 0 Å². The molecule has 0 aromatic heterocycles. The molecule has 0 N–H and O–H groups in total. The lowest BCUT2D eigenvalue weighted by Crippen LogP contribution is -2.07. The predicted molar refractivity (Wildman–Crippen MR) is 77.8 cm³/mol. The summed E-state index contributed by atoms with van der Waals surface area (Å²) >= 11 is 3.53. The van der Waals surface area contributed by atoms with E-state index < -0.39 is 0 Å². The number of hydrogen-bond acceptors (Lipinski definition) is 1. The Balaban J connectivity index is 2.38. The van der Waals surface area contributed by atoms with Crippen LogP contribution in [0.5, 0.6) is 0 Å². The standard InChI is InChI=1S/C15H23BrO/c1-3-4-5-6-10-17-15(12-16)14-9-7-8-13(2)11-14/h7-9,11,15H,3-6,10,12H2,1-2H3. The summed E-state index contributed by atoms with van der Waals surface area (Å²) in [6, 6.07) is 8.57. The van der Waals surface area contributed by atoms with Crippen molar-refractivity contribution in [2.75, 3.05) is 11.9 Å². The largest absolute Gasteiger partial charge is 0.373 e. The lowest BCUT2D eigenvalue weighted by Gasteiger charge is -2.16. The van der Waals surface area contributed by atoms with Gasteiger partial charge in [0.15, 0.2) is 0 Å². The quantitative estimate of drug-likeness (QED) is 0.483. The summed E-state index contributed by atoms with van der Waals surface area (Å²) in [5.74, 6) is 0. The zero-order chi connectivity index (χ0) is 12.5. The van der Waals surface area contributed by atoms with Gasteiger partial charge in [0.05, 0.1) is 6.10 Å². The molecule has 0 spiro atoms. The Bertz CT molecular complexity index is 312. The lowest BCUT2D eigenvalue weighted by atomic mass is 10.1. The Kier molecular flexibility index (Phi) is 7.54. The summed E-state index contributed by atoms with van der Waals surface area (Å²) < 4.78 is 5.93. The number of alkyl halides is 1. The third-order valence-corrected chi connectivity index (χ3v) is 3.46. The van der Waals surface area contributed by atoms with Crippen LogP contribution < -0.4 is 0 Å². The molecule has 0 aliphatic carbocycles. The SMILES string of the molecule is CCCCCCOC(CBr)c1cccc(C)c1. The van der Waals surface area contributed by atoms with Crippen molar-refractivity contribution in [3.8, 4) is 0 Å². The molecule has 96 valence electrons. The molecule has 1 aromatic carbocycles. The molecule has 0 saturated heterocycles. The van der Waals surface area contributed by atoms with Crippen molar-refractivity contribution in [2.24, 2.45) is 0 Å². The van der Waals surface area contributed by atoms with E-state index in [1.54, 1.807) is 0 Å². The van der Waals surface area contributed by atoms with Gasteiger partial charge in [-0.25, -0.2) is 0 Å². The van der Waals surface area contributed by atoms with Gasteiger partial charge in [-0.3, -0.25) is 0 Å². The molecule has 0 amide bonds. The van der Waals surface area contributed by atoms with Gasteiger partial charge in [0.25, 0.3) is 0 Å². The van der Waals surface area contributed by atoms with Crippen LogP contribution in [0.3, 0.4) is 0 Å². The first-order valence-electron chi connectivity index (χ1n) is 6.52. The van der Waals surface area contributed by atoms with Crippen LogP contribution in [0.15, 0.2) is 24.3 Å². The highest BCUT2D eigenvalue weighted by molar-refractivity contribution is 9.09. The fourth-order valence-corrected chi connectivity index (χ4v) is 2.42. The summed E-state index contributed by atoms with van der Waals surface area (Å²) in [6.07, 6.45) is 5.23. The van der Waals surface area contributed by atoms with Crippen molar-refractivity contribution in [2.45, 2.75) is 45.6 Å². The van der Waals surface area contributed by atoms with Crippen LogP contribution in [0.25, 0.3) is 0 Å². The molecule has 0 radical (unpaired) electrons. The van der Waals surface area contributed by atoms with Crippen molar-refractivity contribution in [1.82, 2.24) is 0 Å². The fourth-order valence-electron chi connectivity index (χ4n) is 1.85. The monoisotopic (exact) mass is 298 g/mol. The highest BCUT2D eigenvalue weighted by atomic mass is 79.9. The fraction of sp³-hybridized carbons (Fsp3) is 0.600. The number of hydrogen-bond donors (Lipinski definition) is 0. The second-order valence-corrected chi connectivity index (χ2v) is 5.14. The number of aryl methyl sites for hydroxylation is 1. The average Bonchev–Trinajstić information content (AvgIpc) is 2.34. The summed E-state index contributed by atoms with van der Waals surface area (Å²) in [4.78, 5) is 0. The van der Waals surface area contributed by atoms with Crippen LogP contribution in [-0.4, -0.2) is 11.9 Å². The van der Waals surface area contributed by atoms with Crippen molar-refractivity contribution >= 4 is 15.9 Å².